The van der Waals surface area contributed by atoms with Gasteiger partial charge in [0.15, 0.2) is 5.69 Å². The summed E-state index contributed by atoms with van der Waals surface area (Å²) in [6.07, 6.45) is 5.31. The number of amides is 1. The number of rotatable bonds is 4. The van der Waals surface area contributed by atoms with Gasteiger partial charge >= 0.3 is 0 Å². The fourth-order valence-electron chi connectivity index (χ4n) is 2.20. The second-order valence-corrected chi connectivity index (χ2v) is 6.20. The third-order valence-corrected chi connectivity index (χ3v) is 4.03. The van der Waals surface area contributed by atoms with Crippen LogP contribution in [0.15, 0.2) is 47.3 Å². The summed E-state index contributed by atoms with van der Waals surface area (Å²) in [5.74, 6) is -0.223. The molecule has 1 amide bonds. The van der Waals surface area contributed by atoms with Gasteiger partial charge in [-0.3, -0.25) is 9.48 Å². The number of aromatic nitrogens is 4. The Hall–Kier alpha value is -2.41. The van der Waals surface area contributed by atoms with E-state index in [-0.39, 0.29) is 5.91 Å². The quantitative estimate of drug-likeness (QED) is 0.763. The molecule has 2 heterocycles. The maximum absolute atomic E-state index is 12.3. The topological polar surface area (TPSA) is 64.7 Å². The number of carbonyl (C=O) groups excluding carboxylic acids is 1. The van der Waals surface area contributed by atoms with Gasteiger partial charge in [-0.2, -0.15) is 10.2 Å². The highest BCUT2D eigenvalue weighted by molar-refractivity contribution is 9.10. The number of halogens is 1. The Morgan fingerprint density at radius 1 is 1.26 bits per heavy atom. The van der Waals surface area contributed by atoms with Crippen LogP contribution >= 0.6 is 15.9 Å². The maximum atomic E-state index is 12.3. The second kappa shape index (κ2) is 6.37. The van der Waals surface area contributed by atoms with Gasteiger partial charge in [0.05, 0.1) is 10.7 Å². The summed E-state index contributed by atoms with van der Waals surface area (Å²) in [6.45, 7) is 4.45. The first-order valence-electron chi connectivity index (χ1n) is 7.12. The van der Waals surface area contributed by atoms with Gasteiger partial charge in [0.1, 0.15) is 6.67 Å². The Balaban J connectivity index is 1.72. The van der Waals surface area contributed by atoms with Crippen LogP contribution in [-0.4, -0.2) is 25.5 Å². The van der Waals surface area contributed by atoms with Crippen molar-refractivity contribution in [2.24, 2.45) is 0 Å². The molecule has 0 fully saturated rings. The van der Waals surface area contributed by atoms with E-state index in [1.165, 1.54) is 0 Å². The molecule has 0 saturated heterocycles. The lowest BCUT2D eigenvalue weighted by Crippen LogP contribution is -2.15. The molecule has 1 N–H and O–H groups in total. The standard InChI is InChI=1S/C16H16BrN5O/c1-11-4-3-5-14(12(11)2)19-16(23)15-6-7-21(20-15)10-22-9-13(17)8-18-22/h3-9H,10H2,1-2H3,(H,19,23). The fraction of sp³-hybridized carbons (Fsp3) is 0.188. The van der Waals surface area contributed by atoms with Gasteiger partial charge in [0.2, 0.25) is 0 Å². The van der Waals surface area contributed by atoms with Crippen molar-refractivity contribution in [3.05, 3.63) is 64.1 Å². The normalized spacial score (nSPS) is 10.7. The van der Waals surface area contributed by atoms with E-state index in [9.17, 15) is 4.79 Å². The number of hydrogen-bond donors (Lipinski definition) is 1. The van der Waals surface area contributed by atoms with Crippen molar-refractivity contribution in [2.45, 2.75) is 20.5 Å². The molecule has 0 aliphatic rings. The molecule has 0 saturated carbocycles. The molecule has 118 valence electrons. The van der Waals surface area contributed by atoms with E-state index >= 15 is 0 Å². The number of hydrogen-bond acceptors (Lipinski definition) is 3. The molecule has 6 nitrogen and oxygen atoms in total. The smallest absolute Gasteiger partial charge is 0.276 e. The molecule has 0 spiro atoms. The highest BCUT2D eigenvalue weighted by atomic mass is 79.9. The maximum Gasteiger partial charge on any atom is 0.276 e. The van der Waals surface area contributed by atoms with Crippen molar-refractivity contribution in [3.8, 4) is 0 Å². The van der Waals surface area contributed by atoms with Crippen LogP contribution in [0.5, 0.6) is 0 Å². The van der Waals surface area contributed by atoms with Gasteiger partial charge in [-0.15, -0.1) is 0 Å². The molecule has 3 aromatic rings. The number of carbonyl (C=O) groups is 1. The highest BCUT2D eigenvalue weighted by Gasteiger charge is 2.12. The lowest BCUT2D eigenvalue weighted by atomic mass is 10.1. The van der Waals surface area contributed by atoms with Gasteiger partial charge in [-0.25, -0.2) is 4.68 Å². The minimum absolute atomic E-state index is 0.223. The predicted molar refractivity (Wildman–Crippen MR) is 91.4 cm³/mol. The van der Waals surface area contributed by atoms with Crippen molar-refractivity contribution in [1.29, 1.82) is 0 Å². The Morgan fingerprint density at radius 2 is 2.09 bits per heavy atom. The largest absolute Gasteiger partial charge is 0.320 e. The van der Waals surface area contributed by atoms with Crippen LogP contribution in [-0.2, 0) is 6.67 Å². The van der Waals surface area contributed by atoms with Crippen molar-refractivity contribution < 1.29 is 4.79 Å². The molecular weight excluding hydrogens is 358 g/mol. The van der Waals surface area contributed by atoms with Crippen LogP contribution in [0, 0.1) is 13.8 Å². The molecule has 7 heteroatoms. The molecule has 0 bridgehead atoms. The molecule has 2 aromatic heterocycles. The minimum atomic E-state index is -0.223. The molecule has 23 heavy (non-hydrogen) atoms. The van der Waals surface area contributed by atoms with Crippen LogP contribution in [0.4, 0.5) is 5.69 Å². The van der Waals surface area contributed by atoms with Crippen LogP contribution in [0.2, 0.25) is 0 Å². The SMILES string of the molecule is Cc1cccc(NC(=O)c2ccn(Cn3cc(Br)cn3)n2)c1C. The lowest BCUT2D eigenvalue weighted by Gasteiger charge is -2.09. The Morgan fingerprint density at radius 3 is 2.83 bits per heavy atom. The number of anilines is 1. The first kappa shape index (κ1) is 15.5. The summed E-state index contributed by atoms with van der Waals surface area (Å²) in [6, 6.07) is 7.52. The second-order valence-electron chi connectivity index (χ2n) is 5.28. The Kier molecular flexibility index (Phi) is 4.29. The Labute approximate surface area is 142 Å². The fourth-order valence-corrected chi connectivity index (χ4v) is 2.53. The summed E-state index contributed by atoms with van der Waals surface area (Å²) < 4.78 is 4.29. The predicted octanol–water partition coefficient (Wildman–Crippen LogP) is 3.22. The lowest BCUT2D eigenvalue weighted by molar-refractivity contribution is 0.102. The van der Waals surface area contributed by atoms with E-state index < -0.39 is 0 Å². The molecular formula is C16H16BrN5O. The molecule has 0 aliphatic heterocycles. The van der Waals surface area contributed by atoms with Gasteiger partial charge in [0, 0.05) is 18.1 Å². The average molecular weight is 374 g/mol. The molecule has 0 unspecified atom stereocenters. The van der Waals surface area contributed by atoms with E-state index in [2.05, 4.69) is 31.4 Å². The average Bonchev–Trinajstić information content (AvgIpc) is 3.14. The van der Waals surface area contributed by atoms with E-state index in [4.69, 9.17) is 0 Å². The summed E-state index contributed by atoms with van der Waals surface area (Å²) in [5.41, 5.74) is 3.37. The van der Waals surface area contributed by atoms with Crippen molar-refractivity contribution in [1.82, 2.24) is 19.6 Å². The third kappa shape index (κ3) is 3.50. The van der Waals surface area contributed by atoms with Crippen molar-refractivity contribution >= 4 is 27.5 Å². The number of aryl methyl sites for hydroxylation is 1. The zero-order valence-electron chi connectivity index (χ0n) is 12.8. The van der Waals surface area contributed by atoms with E-state index in [0.29, 0.717) is 12.4 Å². The zero-order valence-corrected chi connectivity index (χ0v) is 14.4. The highest BCUT2D eigenvalue weighted by Crippen LogP contribution is 2.18. The number of nitrogens with zero attached hydrogens (tertiary/aromatic N) is 4. The van der Waals surface area contributed by atoms with Gasteiger partial charge in [-0.1, -0.05) is 12.1 Å². The minimum Gasteiger partial charge on any atom is -0.320 e. The van der Waals surface area contributed by atoms with Crippen LogP contribution in [0.1, 0.15) is 21.6 Å². The van der Waals surface area contributed by atoms with Crippen LogP contribution in [0.25, 0.3) is 0 Å². The Bertz CT molecular complexity index is 852. The summed E-state index contributed by atoms with van der Waals surface area (Å²) in [4.78, 5) is 12.3. The molecule has 0 radical (unpaired) electrons. The molecule has 3 rings (SSSR count). The summed E-state index contributed by atoms with van der Waals surface area (Å²) >= 11 is 3.35. The molecule has 0 aliphatic carbocycles. The van der Waals surface area contributed by atoms with Crippen LogP contribution < -0.4 is 5.32 Å². The van der Waals surface area contributed by atoms with E-state index in [0.717, 1.165) is 21.3 Å². The summed E-state index contributed by atoms with van der Waals surface area (Å²) in [5, 5.41) is 11.4. The third-order valence-electron chi connectivity index (χ3n) is 3.62. The number of benzene rings is 1. The first-order valence-corrected chi connectivity index (χ1v) is 7.91. The van der Waals surface area contributed by atoms with Crippen molar-refractivity contribution in [3.63, 3.8) is 0 Å². The van der Waals surface area contributed by atoms with Crippen molar-refractivity contribution in [2.75, 3.05) is 5.32 Å². The van der Waals surface area contributed by atoms with Gasteiger partial charge in [-0.05, 0) is 53.0 Å². The van der Waals surface area contributed by atoms with Gasteiger partial charge < -0.3 is 5.32 Å². The zero-order chi connectivity index (χ0) is 16.4. The van der Waals surface area contributed by atoms with E-state index in [1.54, 1.807) is 27.8 Å². The monoisotopic (exact) mass is 373 g/mol. The number of nitrogens with one attached hydrogen (secondary N) is 1. The first-order chi connectivity index (χ1) is 11.0. The van der Waals surface area contributed by atoms with E-state index in [1.807, 2.05) is 38.2 Å². The molecule has 1 aromatic carbocycles. The molecule has 0 atom stereocenters. The van der Waals surface area contributed by atoms with Gasteiger partial charge in [0.25, 0.3) is 5.91 Å². The van der Waals surface area contributed by atoms with Crippen LogP contribution in [0.3, 0.4) is 0 Å². The summed E-state index contributed by atoms with van der Waals surface area (Å²) in [7, 11) is 0.